The number of esters is 1. The highest BCUT2D eigenvalue weighted by atomic mass is 16.5. The van der Waals surface area contributed by atoms with E-state index >= 15 is 0 Å². The molecule has 0 bridgehead atoms. The van der Waals surface area contributed by atoms with E-state index in [9.17, 15) is 9.90 Å². The molecule has 0 aromatic rings. The fourth-order valence-electron chi connectivity index (χ4n) is 2.49. The van der Waals surface area contributed by atoms with Crippen LogP contribution in [0.3, 0.4) is 0 Å². The molecule has 2 N–H and O–H groups in total. The molecule has 2 rings (SSSR count). The minimum atomic E-state index is -0.676. The van der Waals surface area contributed by atoms with E-state index in [1.165, 1.54) is 12.8 Å². The number of carbonyl (C=O) groups excluding carboxylic acids is 1. The lowest BCUT2D eigenvalue weighted by atomic mass is 10.1. The Morgan fingerprint density at radius 1 is 1.50 bits per heavy atom. The topological polar surface area (TPSA) is 67.8 Å². The van der Waals surface area contributed by atoms with Gasteiger partial charge in [0.05, 0.1) is 25.2 Å². The lowest BCUT2D eigenvalue weighted by Gasteiger charge is -2.21. The van der Waals surface area contributed by atoms with Gasteiger partial charge in [0, 0.05) is 19.2 Å². The van der Waals surface area contributed by atoms with Crippen molar-refractivity contribution in [2.45, 2.75) is 50.9 Å². The molecule has 0 amide bonds. The molecule has 1 aliphatic carbocycles. The van der Waals surface area contributed by atoms with E-state index in [2.05, 4.69) is 5.32 Å². The molecule has 3 atom stereocenters. The second-order valence-corrected chi connectivity index (χ2v) is 5.14. The summed E-state index contributed by atoms with van der Waals surface area (Å²) in [5.74, 6) is 0.361. The molecule has 1 heterocycles. The van der Waals surface area contributed by atoms with Crippen LogP contribution in [0.2, 0.25) is 0 Å². The summed E-state index contributed by atoms with van der Waals surface area (Å²) in [5, 5.41) is 13.1. The van der Waals surface area contributed by atoms with Crippen molar-refractivity contribution in [2.75, 3.05) is 19.8 Å². The zero-order valence-corrected chi connectivity index (χ0v) is 10.9. The third-order valence-electron chi connectivity index (χ3n) is 3.55. The number of aliphatic hydroxyl groups excluding tert-OH is 1. The predicted octanol–water partition coefficient (Wildman–Crippen LogP) is 0.458. The standard InChI is InChI=1S/C13H23NO4/c1-2-17-12(16)7-10(15)8-14-11-5-6-18-13(11)9-3-4-9/h9-11,13-15H,2-8H2,1H3. The number of ether oxygens (including phenoxy) is 2. The quantitative estimate of drug-likeness (QED) is 0.648. The third kappa shape index (κ3) is 3.93. The molecular formula is C13H23NO4. The van der Waals surface area contributed by atoms with Crippen molar-refractivity contribution in [3.8, 4) is 0 Å². The largest absolute Gasteiger partial charge is 0.466 e. The Morgan fingerprint density at radius 3 is 2.94 bits per heavy atom. The van der Waals surface area contributed by atoms with Crippen LogP contribution in [0.15, 0.2) is 0 Å². The van der Waals surface area contributed by atoms with Crippen molar-refractivity contribution in [3.63, 3.8) is 0 Å². The number of rotatable bonds is 7. The van der Waals surface area contributed by atoms with Crippen LogP contribution in [0.25, 0.3) is 0 Å². The van der Waals surface area contributed by atoms with Gasteiger partial charge in [0.1, 0.15) is 0 Å². The number of hydrogen-bond donors (Lipinski definition) is 2. The maximum Gasteiger partial charge on any atom is 0.308 e. The van der Waals surface area contributed by atoms with E-state index < -0.39 is 6.10 Å². The highest BCUT2D eigenvalue weighted by molar-refractivity contribution is 5.69. The SMILES string of the molecule is CCOC(=O)CC(O)CNC1CCOC1C1CC1. The van der Waals surface area contributed by atoms with Crippen LogP contribution in [0, 0.1) is 5.92 Å². The van der Waals surface area contributed by atoms with Gasteiger partial charge in [-0.15, -0.1) is 0 Å². The first kappa shape index (κ1) is 13.8. The van der Waals surface area contributed by atoms with Gasteiger partial charge in [-0.2, -0.15) is 0 Å². The van der Waals surface area contributed by atoms with E-state index in [1.807, 2.05) is 0 Å². The molecule has 5 heteroatoms. The Balaban J connectivity index is 1.65. The molecule has 2 aliphatic rings. The normalized spacial score (nSPS) is 29.2. The molecule has 1 saturated carbocycles. The Kier molecular flexibility index (Phi) is 4.97. The van der Waals surface area contributed by atoms with Crippen molar-refractivity contribution in [2.24, 2.45) is 5.92 Å². The fraction of sp³-hybridized carbons (Fsp3) is 0.923. The zero-order valence-electron chi connectivity index (χ0n) is 10.9. The van der Waals surface area contributed by atoms with Crippen LogP contribution >= 0.6 is 0 Å². The van der Waals surface area contributed by atoms with Gasteiger partial charge in [-0.1, -0.05) is 0 Å². The molecule has 1 saturated heterocycles. The summed E-state index contributed by atoms with van der Waals surface area (Å²) in [7, 11) is 0. The molecule has 5 nitrogen and oxygen atoms in total. The Labute approximate surface area is 108 Å². The van der Waals surface area contributed by atoms with Gasteiger partial charge >= 0.3 is 5.97 Å². The van der Waals surface area contributed by atoms with Crippen molar-refractivity contribution in [1.29, 1.82) is 0 Å². The molecular weight excluding hydrogens is 234 g/mol. The van der Waals surface area contributed by atoms with Gasteiger partial charge in [-0.3, -0.25) is 4.79 Å². The summed E-state index contributed by atoms with van der Waals surface area (Å²) in [4.78, 5) is 11.2. The van der Waals surface area contributed by atoms with Gasteiger partial charge in [-0.05, 0) is 32.1 Å². The van der Waals surface area contributed by atoms with Crippen molar-refractivity contribution in [3.05, 3.63) is 0 Å². The average Bonchev–Trinajstić information content (AvgIpc) is 3.06. The molecule has 0 spiro atoms. The van der Waals surface area contributed by atoms with E-state index in [-0.39, 0.29) is 12.4 Å². The highest BCUT2D eigenvalue weighted by Gasteiger charge is 2.40. The molecule has 2 fully saturated rings. The summed E-state index contributed by atoms with van der Waals surface area (Å²) in [6, 6.07) is 0.328. The van der Waals surface area contributed by atoms with E-state index in [0.29, 0.717) is 31.2 Å². The smallest absolute Gasteiger partial charge is 0.308 e. The molecule has 3 unspecified atom stereocenters. The van der Waals surface area contributed by atoms with E-state index in [4.69, 9.17) is 9.47 Å². The van der Waals surface area contributed by atoms with Crippen molar-refractivity contribution >= 4 is 5.97 Å². The van der Waals surface area contributed by atoms with Gasteiger partial charge in [0.15, 0.2) is 0 Å². The Morgan fingerprint density at radius 2 is 2.28 bits per heavy atom. The molecule has 0 aromatic heterocycles. The van der Waals surface area contributed by atoms with Crippen LogP contribution in [-0.4, -0.2) is 49.1 Å². The van der Waals surface area contributed by atoms with Crippen LogP contribution in [0.5, 0.6) is 0 Å². The highest BCUT2D eigenvalue weighted by Crippen LogP contribution is 2.38. The van der Waals surface area contributed by atoms with Crippen molar-refractivity contribution < 1.29 is 19.4 Å². The van der Waals surface area contributed by atoms with Crippen LogP contribution in [-0.2, 0) is 14.3 Å². The first-order valence-electron chi connectivity index (χ1n) is 6.89. The fourth-order valence-corrected chi connectivity index (χ4v) is 2.49. The van der Waals surface area contributed by atoms with Gasteiger partial charge < -0.3 is 19.9 Å². The predicted molar refractivity (Wildman–Crippen MR) is 66.1 cm³/mol. The molecule has 0 radical (unpaired) electrons. The molecule has 0 aromatic carbocycles. The number of aliphatic hydroxyl groups is 1. The van der Waals surface area contributed by atoms with E-state index in [0.717, 1.165) is 13.0 Å². The zero-order chi connectivity index (χ0) is 13.0. The maximum absolute atomic E-state index is 11.2. The first-order valence-corrected chi connectivity index (χ1v) is 6.89. The summed E-state index contributed by atoms with van der Waals surface area (Å²) in [6.45, 7) is 3.35. The van der Waals surface area contributed by atoms with Crippen LogP contribution in [0.4, 0.5) is 0 Å². The third-order valence-corrected chi connectivity index (χ3v) is 3.55. The number of carbonyl (C=O) groups is 1. The average molecular weight is 257 g/mol. The molecule has 104 valence electrons. The summed E-state index contributed by atoms with van der Waals surface area (Å²) >= 11 is 0. The number of nitrogens with one attached hydrogen (secondary N) is 1. The second-order valence-electron chi connectivity index (χ2n) is 5.14. The Hall–Kier alpha value is -0.650. The Bertz CT molecular complexity index is 280. The molecule has 18 heavy (non-hydrogen) atoms. The minimum Gasteiger partial charge on any atom is -0.466 e. The summed E-state index contributed by atoms with van der Waals surface area (Å²) in [6.07, 6.45) is 3.20. The maximum atomic E-state index is 11.2. The van der Waals surface area contributed by atoms with Gasteiger partial charge in [0.2, 0.25) is 0 Å². The van der Waals surface area contributed by atoms with Crippen LogP contribution < -0.4 is 5.32 Å². The van der Waals surface area contributed by atoms with Gasteiger partial charge in [-0.25, -0.2) is 0 Å². The second kappa shape index (κ2) is 6.50. The summed E-state index contributed by atoms with van der Waals surface area (Å²) < 4.78 is 10.5. The van der Waals surface area contributed by atoms with Gasteiger partial charge in [0.25, 0.3) is 0 Å². The van der Waals surface area contributed by atoms with E-state index in [1.54, 1.807) is 6.92 Å². The lowest BCUT2D eigenvalue weighted by molar-refractivity contribution is -0.145. The monoisotopic (exact) mass is 257 g/mol. The van der Waals surface area contributed by atoms with Crippen molar-refractivity contribution in [1.82, 2.24) is 5.32 Å². The first-order chi connectivity index (χ1) is 8.70. The minimum absolute atomic E-state index is 0.0580. The number of hydrogen-bond acceptors (Lipinski definition) is 5. The molecule has 1 aliphatic heterocycles. The summed E-state index contributed by atoms with van der Waals surface area (Å²) in [5.41, 5.74) is 0. The van der Waals surface area contributed by atoms with Crippen LogP contribution in [0.1, 0.15) is 32.6 Å². The lowest BCUT2D eigenvalue weighted by Crippen LogP contribution is -2.42.